The molecule has 1 aliphatic rings. The predicted molar refractivity (Wildman–Crippen MR) is 82.0 cm³/mol. The summed E-state index contributed by atoms with van der Waals surface area (Å²) >= 11 is 0. The number of carbonyl (C=O) groups is 4. The lowest BCUT2D eigenvalue weighted by Crippen LogP contribution is -2.46. The average Bonchev–Trinajstić information content (AvgIpc) is 2.78. The number of amides is 3. The van der Waals surface area contributed by atoms with Crippen molar-refractivity contribution >= 4 is 29.4 Å². The maximum atomic E-state index is 12.3. The Morgan fingerprint density at radius 1 is 1.38 bits per heavy atom. The lowest BCUT2D eigenvalue weighted by Gasteiger charge is -2.22. The summed E-state index contributed by atoms with van der Waals surface area (Å²) in [6.07, 6.45) is 0.779. The van der Waals surface area contributed by atoms with Crippen LogP contribution in [0.1, 0.15) is 33.6 Å². The first-order valence-electron chi connectivity index (χ1n) is 7.49. The van der Waals surface area contributed by atoms with Crippen molar-refractivity contribution in [2.45, 2.75) is 39.2 Å². The zero-order valence-corrected chi connectivity index (χ0v) is 13.8. The number of nitrogens with zero attached hydrogens (tertiary/aromatic N) is 2. The molecule has 2 N–H and O–H groups in total. The van der Waals surface area contributed by atoms with Crippen LogP contribution < -0.4 is 5.32 Å². The van der Waals surface area contributed by atoms with Gasteiger partial charge in [0.05, 0.1) is 6.07 Å². The molecule has 1 fully saturated rings. The van der Waals surface area contributed by atoms with Gasteiger partial charge in [-0.25, -0.2) is 4.79 Å². The van der Waals surface area contributed by atoms with Gasteiger partial charge in [-0.15, -0.1) is 0 Å². The second-order valence-corrected chi connectivity index (χ2v) is 5.48. The number of rotatable bonds is 8. The molecule has 130 valence electrons. The van der Waals surface area contributed by atoms with Gasteiger partial charge in [-0.3, -0.25) is 19.3 Å². The Labute approximate surface area is 139 Å². The van der Waals surface area contributed by atoms with E-state index in [0.717, 1.165) is 4.90 Å². The number of Topliss-reactive ketones (excluding diaryl/α,β-unsaturated/α-hetero) is 1. The van der Waals surface area contributed by atoms with Crippen LogP contribution >= 0.6 is 0 Å². The van der Waals surface area contributed by atoms with Crippen molar-refractivity contribution in [1.82, 2.24) is 10.2 Å². The second kappa shape index (κ2) is 7.68. The number of ketones is 1. The highest BCUT2D eigenvalue weighted by atomic mass is 16.5. The van der Waals surface area contributed by atoms with Crippen LogP contribution in [0.5, 0.6) is 0 Å². The fraction of sp³-hybridized carbons (Fsp3) is 0.600. The SMILES string of the molecule is CCC1(CC)NC(=O)N(CC(=O)OCC(=O)[C@@H](C#N)C(C)=N)C1=O. The van der Waals surface area contributed by atoms with Crippen molar-refractivity contribution in [2.75, 3.05) is 13.2 Å². The Morgan fingerprint density at radius 3 is 2.38 bits per heavy atom. The van der Waals surface area contributed by atoms with E-state index in [4.69, 9.17) is 15.4 Å². The van der Waals surface area contributed by atoms with E-state index in [1.807, 2.05) is 0 Å². The molecule has 1 saturated heterocycles. The van der Waals surface area contributed by atoms with E-state index in [0.29, 0.717) is 12.8 Å². The molecule has 9 heteroatoms. The lowest BCUT2D eigenvalue weighted by molar-refractivity contribution is -0.150. The molecule has 0 aromatic rings. The van der Waals surface area contributed by atoms with Crippen LogP contribution in [-0.4, -0.2) is 53.0 Å². The van der Waals surface area contributed by atoms with Gasteiger partial charge in [0.25, 0.3) is 5.91 Å². The number of nitrogens with one attached hydrogen (secondary N) is 2. The summed E-state index contributed by atoms with van der Waals surface area (Å²) in [6.45, 7) is 3.51. The molecule has 9 nitrogen and oxygen atoms in total. The summed E-state index contributed by atoms with van der Waals surface area (Å²) in [6, 6.07) is 0.961. The van der Waals surface area contributed by atoms with Crippen LogP contribution in [0.2, 0.25) is 0 Å². The van der Waals surface area contributed by atoms with Gasteiger partial charge in [-0.1, -0.05) is 13.8 Å². The molecule has 0 aromatic carbocycles. The first kappa shape index (κ1) is 19.3. The van der Waals surface area contributed by atoms with Gasteiger partial charge >= 0.3 is 12.0 Å². The standard InChI is InChI=1S/C15H20N4O5/c1-4-15(5-2)13(22)19(14(23)18-15)7-12(21)24-8-11(20)10(6-16)9(3)17/h10,17H,4-5,7-8H2,1-3H3,(H,18,23)/t10-/m0/s1. The number of urea groups is 1. The number of nitriles is 1. The number of esters is 1. The molecule has 24 heavy (non-hydrogen) atoms. The van der Waals surface area contributed by atoms with Crippen LogP contribution in [0.15, 0.2) is 0 Å². The summed E-state index contributed by atoms with van der Waals surface area (Å²) in [7, 11) is 0. The van der Waals surface area contributed by atoms with Crippen molar-refractivity contribution in [3.63, 3.8) is 0 Å². The van der Waals surface area contributed by atoms with E-state index in [1.165, 1.54) is 6.92 Å². The van der Waals surface area contributed by atoms with E-state index < -0.39 is 48.3 Å². The zero-order valence-electron chi connectivity index (χ0n) is 13.8. The van der Waals surface area contributed by atoms with Gasteiger partial charge in [-0.2, -0.15) is 5.26 Å². The average molecular weight is 336 g/mol. The number of ether oxygens (including phenoxy) is 1. The third-order valence-electron chi connectivity index (χ3n) is 4.00. The van der Waals surface area contributed by atoms with Gasteiger partial charge in [0.1, 0.15) is 18.0 Å². The monoisotopic (exact) mass is 336 g/mol. The van der Waals surface area contributed by atoms with E-state index in [2.05, 4.69) is 5.32 Å². The van der Waals surface area contributed by atoms with Crippen molar-refractivity contribution in [1.29, 1.82) is 10.7 Å². The maximum absolute atomic E-state index is 12.3. The topological polar surface area (TPSA) is 140 Å². The summed E-state index contributed by atoms with van der Waals surface area (Å²) < 4.78 is 4.72. The van der Waals surface area contributed by atoms with E-state index in [1.54, 1.807) is 19.9 Å². The molecule has 0 saturated carbocycles. The minimum Gasteiger partial charge on any atom is -0.456 e. The van der Waals surface area contributed by atoms with Gasteiger partial charge in [0.15, 0.2) is 12.4 Å². The first-order valence-corrected chi connectivity index (χ1v) is 7.49. The summed E-state index contributed by atoms with van der Waals surface area (Å²) in [4.78, 5) is 48.4. The van der Waals surface area contributed by atoms with Crippen LogP contribution in [0, 0.1) is 22.7 Å². The van der Waals surface area contributed by atoms with Crippen LogP contribution in [0.25, 0.3) is 0 Å². The number of hydrogen-bond donors (Lipinski definition) is 2. The number of hydrogen-bond acceptors (Lipinski definition) is 7. The molecule has 1 aliphatic heterocycles. The van der Waals surface area contributed by atoms with E-state index >= 15 is 0 Å². The number of imide groups is 1. The van der Waals surface area contributed by atoms with Gasteiger partial charge in [0, 0.05) is 5.71 Å². The quantitative estimate of drug-likeness (QED) is 0.373. The maximum Gasteiger partial charge on any atom is 0.326 e. The molecule has 0 unspecified atom stereocenters. The molecular formula is C15H20N4O5. The van der Waals surface area contributed by atoms with Crippen molar-refractivity contribution < 1.29 is 23.9 Å². The highest BCUT2D eigenvalue weighted by Gasteiger charge is 2.49. The smallest absolute Gasteiger partial charge is 0.326 e. The Kier molecular flexibility index (Phi) is 6.17. The molecule has 0 radical (unpaired) electrons. The van der Waals surface area contributed by atoms with Gasteiger partial charge in [-0.05, 0) is 19.8 Å². The third-order valence-corrected chi connectivity index (χ3v) is 4.00. The molecule has 0 spiro atoms. The minimum absolute atomic E-state index is 0.150. The minimum atomic E-state index is -1.28. The fourth-order valence-electron chi connectivity index (χ4n) is 2.37. The van der Waals surface area contributed by atoms with E-state index in [9.17, 15) is 19.2 Å². The summed E-state index contributed by atoms with van der Waals surface area (Å²) in [5, 5.41) is 18.7. The fourth-order valence-corrected chi connectivity index (χ4v) is 2.37. The highest BCUT2D eigenvalue weighted by Crippen LogP contribution is 2.24. The summed E-state index contributed by atoms with van der Waals surface area (Å²) in [5.41, 5.74) is -1.17. The highest BCUT2D eigenvalue weighted by molar-refractivity contribution is 6.09. The molecule has 3 amide bonds. The van der Waals surface area contributed by atoms with Crippen LogP contribution in [0.4, 0.5) is 4.79 Å². The normalized spacial score (nSPS) is 17.0. The molecule has 1 atom stereocenters. The Morgan fingerprint density at radius 2 is 1.96 bits per heavy atom. The predicted octanol–water partition coefficient (Wildman–Crippen LogP) is 0.389. The third kappa shape index (κ3) is 3.76. The van der Waals surface area contributed by atoms with Crippen LogP contribution in [0.3, 0.4) is 0 Å². The van der Waals surface area contributed by atoms with E-state index in [-0.39, 0.29) is 5.71 Å². The largest absolute Gasteiger partial charge is 0.456 e. The van der Waals surface area contributed by atoms with Crippen molar-refractivity contribution in [3.8, 4) is 6.07 Å². The molecule has 0 aliphatic carbocycles. The van der Waals surface area contributed by atoms with Crippen molar-refractivity contribution in [2.24, 2.45) is 5.92 Å². The molecule has 1 rings (SSSR count). The molecule has 0 aromatic heterocycles. The van der Waals surface area contributed by atoms with Gasteiger partial charge in [0.2, 0.25) is 0 Å². The number of carbonyl (C=O) groups excluding carboxylic acids is 4. The summed E-state index contributed by atoms with van der Waals surface area (Å²) in [5.74, 6) is -3.45. The Balaban J connectivity index is 2.65. The molecular weight excluding hydrogens is 316 g/mol. The van der Waals surface area contributed by atoms with Crippen molar-refractivity contribution in [3.05, 3.63) is 0 Å². The molecule has 0 bridgehead atoms. The Bertz CT molecular complexity index is 618. The Hall–Kier alpha value is -2.76. The first-order chi connectivity index (χ1) is 11.2. The van der Waals surface area contributed by atoms with Gasteiger partial charge < -0.3 is 15.5 Å². The second-order valence-electron chi connectivity index (χ2n) is 5.48. The molecule has 1 heterocycles. The van der Waals surface area contributed by atoms with Crippen LogP contribution in [-0.2, 0) is 19.1 Å². The lowest BCUT2D eigenvalue weighted by atomic mass is 9.93. The zero-order chi connectivity index (χ0) is 18.5.